The Balaban J connectivity index is 1.69. The number of carbonyl (C=O) groups is 1. The summed E-state index contributed by atoms with van der Waals surface area (Å²) in [5.74, 6) is -0.267. The fraction of sp³-hybridized carbons (Fsp3) is 0.200. The van der Waals surface area contributed by atoms with E-state index < -0.39 is 9.84 Å². The van der Waals surface area contributed by atoms with E-state index >= 15 is 0 Å². The summed E-state index contributed by atoms with van der Waals surface area (Å²) in [5.41, 5.74) is 1.90. The van der Waals surface area contributed by atoms with E-state index in [9.17, 15) is 13.2 Å². The minimum atomic E-state index is -3.05. The summed E-state index contributed by atoms with van der Waals surface area (Å²) in [7, 11) is -3.05. The fourth-order valence-electron chi connectivity index (χ4n) is 3.25. The van der Waals surface area contributed by atoms with Crippen LogP contribution >= 0.6 is 11.6 Å². The van der Waals surface area contributed by atoms with Gasteiger partial charge < -0.3 is 10.2 Å². The lowest BCUT2D eigenvalue weighted by atomic mass is 10.1. The van der Waals surface area contributed by atoms with Crippen molar-refractivity contribution in [2.45, 2.75) is 0 Å². The standard InChI is InChI=1S/C20H18ClN3O3S/c21-14-4-3-5-15(12-14)23-18-13-22-19(17-7-2-1-6-16(17)18)20(25)24-8-10-28(26,27)11-9-24/h1-7,12-13,23H,8-11H2. The summed E-state index contributed by atoms with van der Waals surface area (Å²) in [4.78, 5) is 18.9. The third-order valence-corrected chi connectivity index (χ3v) is 6.58. The van der Waals surface area contributed by atoms with Crippen LogP contribution in [0.4, 0.5) is 11.4 Å². The predicted molar refractivity (Wildman–Crippen MR) is 111 cm³/mol. The number of halogens is 1. The maximum atomic E-state index is 13.0. The van der Waals surface area contributed by atoms with Crippen LogP contribution in [0.2, 0.25) is 5.02 Å². The first-order chi connectivity index (χ1) is 13.4. The second kappa shape index (κ2) is 7.41. The zero-order valence-electron chi connectivity index (χ0n) is 14.9. The molecule has 0 aliphatic carbocycles. The first-order valence-corrected chi connectivity index (χ1v) is 11.0. The highest BCUT2D eigenvalue weighted by atomic mass is 35.5. The Morgan fingerprint density at radius 3 is 2.46 bits per heavy atom. The number of nitrogens with one attached hydrogen (secondary N) is 1. The normalized spacial score (nSPS) is 16.1. The Kier molecular flexibility index (Phi) is 4.95. The number of fused-ring (bicyclic) bond motifs is 1. The maximum absolute atomic E-state index is 13.0. The van der Waals surface area contributed by atoms with Crippen LogP contribution < -0.4 is 5.32 Å². The molecule has 1 saturated heterocycles. The van der Waals surface area contributed by atoms with Crippen LogP contribution in [-0.2, 0) is 9.84 Å². The van der Waals surface area contributed by atoms with Gasteiger partial charge in [0.05, 0.1) is 23.4 Å². The Bertz CT molecular complexity index is 1150. The molecule has 144 valence electrons. The topological polar surface area (TPSA) is 79.4 Å². The molecule has 28 heavy (non-hydrogen) atoms. The molecule has 0 bridgehead atoms. The van der Waals surface area contributed by atoms with Gasteiger partial charge in [-0.05, 0) is 18.2 Å². The van der Waals surface area contributed by atoms with Gasteiger partial charge in [-0.25, -0.2) is 13.4 Å². The van der Waals surface area contributed by atoms with E-state index in [1.165, 1.54) is 0 Å². The molecule has 1 aromatic heterocycles. The van der Waals surface area contributed by atoms with Crippen LogP contribution in [0.25, 0.3) is 10.8 Å². The zero-order valence-corrected chi connectivity index (χ0v) is 16.5. The van der Waals surface area contributed by atoms with Crippen LogP contribution in [0, 0.1) is 0 Å². The van der Waals surface area contributed by atoms with Crippen molar-refractivity contribution in [2.75, 3.05) is 29.9 Å². The molecule has 0 spiro atoms. The zero-order chi connectivity index (χ0) is 19.7. The summed E-state index contributed by atoms with van der Waals surface area (Å²) in [5, 5.41) is 5.48. The molecule has 3 aromatic rings. The molecule has 2 heterocycles. The minimum absolute atomic E-state index is 0.00885. The number of sulfone groups is 1. The molecule has 0 unspecified atom stereocenters. The number of nitrogens with zero attached hydrogens (tertiary/aromatic N) is 2. The minimum Gasteiger partial charge on any atom is -0.354 e. The molecule has 6 nitrogen and oxygen atoms in total. The van der Waals surface area contributed by atoms with Crippen molar-refractivity contribution in [2.24, 2.45) is 0 Å². The number of aromatic nitrogens is 1. The van der Waals surface area contributed by atoms with Gasteiger partial charge in [-0.3, -0.25) is 4.79 Å². The molecule has 0 atom stereocenters. The number of pyridine rings is 1. The average molecular weight is 416 g/mol. The van der Waals surface area contributed by atoms with Gasteiger partial charge >= 0.3 is 0 Å². The summed E-state index contributed by atoms with van der Waals surface area (Å²) in [6.45, 7) is 0.388. The van der Waals surface area contributed by atoms with Crippen molar-refractivity contribution >= 4 is 49.5 Å². The molecule has 1 aliphatic heterocycles. The van der Waals surface area contributed by atoms with Gasteiger partial charge in [-0.2, -0.15) is 0 Å². The summed E-state index contributed by atoms with van der Waals surface area (Å²) >= 11 is 6.05. The Morgan fingerprint density at radius 1 is 1.04 bits per heavy atom. The summed E-state index contributed by atoms with van der Waals surface area (Å²) in [6.07, 6.45) is 1.62. The Hall–Kier alpha value is -2.64. The lowest BCUT2D eigenvalue weighted by Gasteiger charge is -2.27. The highest BCUT2D eigenvalue weighted by Crippen LogP contribution is 2.29. The fourth-order valence-corrected chi connectivity index (χ4v) is 4.64. The summed E-state index contributed by atoms with van der Waals surface area (Å²) in [6, 6.07) is 14.9. The molecule has 1 amide bonds. The molecule has 1 aliphatic rings. The number of anilines is 2. The summed E-state index contributed by atoms with van der Waals surface area (Å²) < 4.78 is 23.3. The van der Waals surface area contributed by atoms with E-state index in [0.29, 0.717) is 16.1 Å². The van der Waals surface area contributed by atoms with Gasteiger partial charge in [0, 0.05) is 34.6 Å². The molecule has 4 rings (SSSR count). The molecular formula is C20H18ClN3O3S. The van der Waals surface area contributed by atoms with Gasteiger partial charge in [0.25, 0.3) is 5.91 Å². The van der Waals surface area contributed by atoms with E-state index in [4.69, 9.17) is 11.6 Å². The molecule has 0 radical (unpaired) electrons. The molecule has 1 N–H and O–H groups in total. The van der Waals surface area contributed by atoms with E-state index in [1.807, 2.05) is 42.5 Å². The SMILES string of the molecule is O=C(c1ncc(Nc2cccc(Cl)c2)c2ccccc12)N1CCS(=O)(=O)CC1. The van der Waals surface area contributed by atoms with Gasteiger partial charge in [-0.15, -0.1) is 0 Å². The third-order valence-electron chi connectivity index (χ3n) is 4.73. The first kappa shape index (κ1) is 18.7. The molecule has 1 fully saturated rings. The largest absolute Gasteiger partial charge is 0.354 e. The van der Waals surface area contributed by atoms with Crippen LogP contribution in [0.3, 0.4) is 0 Å². The van der Waals surface area contributed by atoms with Crippen LogP contribution in [-0.4, -0.2) is 48.8 Å². The molecule has 8 heteroatoms. The lowest BCUT2D eigenvalue weighted by Crippen LogP contribution is -2.44. The average Bonchev–Trinajstić information content (AvgIpc) is 2.68. The quantitative estimate of drug-likeness (QED) is 0.708. The van der Waals surface area contributed by atoms with Crippen molar-refractivity contribution < 1.29 is 13.2 Å². The van der Waals surface area contributed by atoms with Crippen LogP contribution in [0.1, 0.15) is 10.5 Å². The Morgan fingerprint density at radius 2 is 1.75 bits per heavy atom. The van der Waals surface area contributed by atoms with Crippen molar-refractivity contribution in [3.63, 3.8) is 0 Å². The molecule has 0 saturated carbocycles. The van der Waals surface area contributed by atoms with E-state index in [1.54, 1.807) is 17.2 Å². The van der Waals surface area contributed by atoms with Crippen molar-refractivity contribution in [1.29, 1.82) is 0 Å². The Labute approximate surface area is 168 Å². The van der Waals surface area contributed by atoms with Gasteiger partial charge in [0.15, 0.2) is 9.84 Å². The molecule has 2 aromatic carbocycles. The lowest BCUT2D eigenvalue weighted by molar-refractivity contribution is 0.0766. The first-order valence-electron chi connectivity index (χ1n) is 8.83. The van der Waals surface area contributed by atoms with Gasteiger partial charge in [0.2, 0.25) is 0 Å². The van der Waals surface area contributed by atoms with E-state index in [2.05, 4.69) is 10.3 Å². The van der Waals surface area contributed by atoms with Crippen LogP contribution in [0.15, 0.2) is 54.7 Å². The monoisotopic (exact) mass is 415 g/mol. The third kappa shape index (κ3) is 3.81. The highest BCUT2D eigenvalue weighted by Gasteiger charge is 2.27. The van der Waals surface area contributed by atoms with E-state index in [-0.39, 0.29) is 30.5 Å². The number of carbonyl (C=O) groups excluding carboxylic acids is 1. The molecular weight excluding hydrogens is 398 g/mol. The van der Waals surface area contributed by atoms with Gasteiger partial charge in [-0.1, -0.05) is 41.9 Å². The predicted octanol–water partition coefficient (Wildman–Crippen LogP) is 3.50. The second-order valence-corrected chi connectivity index (χ2v) is 9.39. The number of amides is 1. The van der Waals surface area contributed by atoms with Crippen molar-refractivity contribution in [3.05, 3.63) is 65.4 Å². The smallest absolute Gasteiger partial charge is 0.273 e. The highest BCUT2D eigenvalue weighted by molar-refractivity contribution is 7.91. The number of hydrogen-bond donors (Lipinski definition) is 1. The van der Waals surface area contributed by atoms with Gasteiger partial charge in [0.1, 0.15) is 5.69 Å². The van der Waals surface area contributed by atoms with Crippen molar-refractivity contribution in [1.82, 2.24) is 9.88 Å². The number of hydrogen-bond acceptors (Lipinski definition) is 5. The van der Waals surface area contributed by atoms with Crippen molar-refractivity contribution in [3.8, 4) is 0 Å². The van der Waals surface area contributed by atoms with Crippen LogP contribution in [0.5, 0.6) is 0 Å². The van der Waals surface area contributed by atoms with E-state index in [0.717, 1.165) is 16.8 Å². The second-order valence-electron chi connectivity index (χ2n) is 6.65. The maximum Gasteiger partial charge on any atom is 0.273 e. The number of benzene rings is 2. The number of rotatable bonds is 3.